The Balaban J connectivity index is 2.65. The summed E-state index contributed by atoms with van der Waals surface area (Å²) in [5.74, 6) is 0.0774. The van der Waals surface area contributed by atoms with Gasteiger partial charge in [0.15, 0.2) is 12.1 Å². The number of aryl methyl sites for hydroxylation is 1. The number of aliphatic hydroxyl groups is 1. The van der Waals surface area contributed by atoms with Gasteiger partial charge in [-0.15, -0.1) is 0 Å². The van der Waals surface area contributed by atoms with Crippen molar-refractivity contribution in [2.75, 3.05) is 7.11 Å². The Morgan fingerprint density at radius 2 is 1.97 bits per heavy atom. The van der Waals surface area contributed by atoms with E-state index in [1.54, 1.807) is 13.0 Å². The van der Waals surface area contributed by atoms with Crippen molar-refractivity contribution in [3.05, 3.63) is 51.6 Å². The molecule has 1 aromatic heterocycles. The number of ketones is 1. The van der Waals surface area contributed by atoms with E-state index in [0.29, 0.717) is 36.5 Å². The van der Waals surface area contributed by atoms with Gasteiger partial charge in [0.25, 0.3) is 0 Å². The zero-order valence-corrected chi connectivity index (χ0v) is 19.4. The minimum atomic E-state index is -0.937. The summed E-state index contributed by atoms with van der Waals surface area (Å²) in [6.07, 6.45) is 12.5. The summed E-state index contributed by atoms with van der Waals surface area (Å²) in [5, 5.41) is 19.5. The third-order valence-corrected chi connectivity index (χ3v) is 5.31. The molecule has 0 spiro atoms. The number of hydrogen-bond donors (Lipinski definition) is 2. The first-order valence-corrected chi connectivity index (χ1v) is 11.2. The normalized spacial score (nSPS) is 14.2. The van der Waals surface area contributed by atoms with Gasteiger partial charge >= 0.3 is 5.63 Å². The minimum Gasteiger partial charge on any atom is -0.507 e. The molecule has 6 heteroatoms. The van der Waals surface area contributed by atoms with E-state index in [-0.39, 0.29) is 11.3 Å². The number of methoxy groups -OCH3 is 1. The fraction of sp³-hybridized carbons (Fsp3) is 0.600. The second-order valence-electron chi connectivity index (χ2n) is 8.10. The molecule has 0 bridgehead atoms. The standard InChI is InChI=1S/C25H38O6/c1-5-6-8-12-18(2)13-11-14-19(3)24(28)23-21(26)17-20(31-25(23)29)15-9-7-10-16-22(27)30-4/h10,14,16-18,22,26-27H,5-9,11-13,15H2,1-4H3/b16-10+,19-14+. The molecule has 0 radical (unpaired) electrons. The number of carbonyl (C=O) groups is 1. The maximum Gasteiger partial charge on any atom is 0.351 e. The van der Waals surface area contributed by atoms with Crippen molar-refractivity contribution in [3.63, 3.8) is 0 Å². The van der Waals surface area contributed by atoms with Crippen LogP contribution in [-0.2, 0) is 11.2 Å². The lowest BCUT2D eigenvalue weighted by Crippen LogP contribution is -2.16. The molecule has 1 aromatic rings. The molecule has 2 unspecified atom stereocenters. The van der Waals surface area contributed by atoms with E-state index < -0.39 is 17.7 Å². The number of allylic oxidation sites excluding steroid dienone is 3. The van der Waals surface area contributed by atoms with Gasteiger partial charge in [0.2, 0.25) is 0 Å². The molecule has 0 aliphatic carbocycles. The van der Waals surface area contributed by atoms with Gasteiger partial charge in [0, 0.05) is 19.6 Å². The molecule has 0 saturated carbocycles. The molecule has 0 saturated heterocycles. The highest BCUT2D eigenvalue weighted by Gasteiger charge is 2.20. The van der Waals surface area contributed by atoms with E-state index in [1.807, 2.05) is 6.08 Å². The summed E-state index contributed by atoms with van der Waals surface area (Å²) in [6.45, 7) is 6.07. The van der Waals surface area contributed by atoms with E-state index >= 15 is 0 Å². The van der Waals surface area contributed by atoms with Gasteiger partial charge in [-0.05, 0) is 50.2 Å². The quantitative estimate of drug-likeness (QED) is 0.128. The van der Waals surface area contributed by atoms with Gasteiger partial charge in [0.05, 0.1) is 0 Å². The van der Waals surface area contributed by atoms with Crippen LogP contribution in [0.25, 0.3) is 0 Å². The minimum absolute atomic E-state index is 0.309. The van der Waals surface area contributed by atoms with Crippen LogP contribution in [0.4, 0.5) is 0 Å². The monoisotopic (exact) mass is 434 g/mol. The number of Topliss-reactive ketones (excluding diaryl/α,β-unsaturated/α-hetero) is 1. The Hall–Kier alpha value is -2.18. The lowest BCUT2D eigenvalue weighted by Gasteiger charge is -2.09. The molecule has 6 nitrogen and oxygen atoms in total. The summed E-state index contributed by atoms with van der Waals surface area (Å²) in [4.78, 5) is 25.0. The van der Waals surface area contributed by atoms with Gasteiger partial charge < -0.3 is 19.4 Å². The second kappa shape index (κ2) is 14.8. The third kappa shape index (κ3) is 10.1. The molecular weight excluding hydrogens is 396 g/mol. The predicted octanol–water partition coefficient (Wildman–Crippen LogP) is 5.31. The molecule has 0 aliphatic heterocycles. The van der Waals surface area contributed by atoms with Crippen molar-refractivity contribution in [1.29, 1.82) is 0 Å². The van der Waals surface area contributed by atoms with E-state index in [9.17, 15) is 19.8 Å². The van der Waals surface area contributed by atoms with Gasteiger partial charge in [-0.2, -0.15) is 0 Å². The van der Waals surface area contributed by atoms with Crippen LogP contribution >= 0.6 is 0 Å². The number of ether oxygens (including phenoxy) is 1. The fourth-order valence-corrected chi connectivity index (χ4v) is 3.31. The van der Waals surface area contributed by atoms with E-state index in [2.05, 4.69) is 13.8 Å². The van der Waals surface area contributed by atoms with Crippen LogP contribution in [0.15, 0.2) is 39.1 Å². The first kappa shape index (κ1) is 26.9. The number of aromatic hydroxyl groups is 1. The zero-order chi connectivity index (χ0) is 23.2. The van der Waals surface area contributed by atoms with Crippen molar-refractivity contribution in [2.45, 2.75) is 84.8 Å². The number of unbranched alkanes of at least 4 members (excludes halogenated alkanes) is 3. The second-order valence-corrected chi connectivity index (χ2v) is 8.10. The first-order valence-electron chi connectivity index (χ1n) is 11.2. The topological polar surface area (TPSA) is 97.0 Å². The summed E-state index contributed by atoms with van der Waals surface area (Å²) in [6, 6.07) is 1.34. The lowest BCUT2D eigenvalue weighted by molar-refractivity contribution is -0.0358. The maximum atomic E-state index is 12.6. The summed E-state index contributed by atoms with van der Waals surface area (Å²) in [7, 11) is 1.40. The largest absolute Gasteiger partial charge is 0.507 e. The van der Waals surface area contributed by atoms with Crippen molar-refractivity contribution in [1.82, 2.24) is 0 Å². The van der Waals surface area contributed by atoms with Gasteiger partial charge in [-0.3, -0.25) is 4.79 Å². The molecule has 0 fully saturated rings. The molecule has 2 atom stereocenters. The number of aliphatic hydroxyl groups excluding tert-OH is 1. The molecule has 0 amide bonds. The summed E-state index contributed by atoms with van der Waals surface area (Å²) < 4.78 is 9.94. The van der Waals surface area contributed by atoms with Crippen LogP contribution in [0.5, 0.6) is 5.75 Å². The highest BCUT2D eigenvalue weighted by atomic mass is 16.6. The average Bonchev–Trinajstić information content (AvgIpc) is 2.72. The molecule has 0 aromatic carbocycles. The molecular formula is C25H38O6. The van der Waals surface area contributed by atoms with Gasteiger partial charge in [-0.1, -0.05) is 51.7 Å². The van der Waals surface area contributed by atoms with Crippen LogP contribution in [0.3, 0.4) is 0 Å². The highest BCUT2D eigenvalue weighted by Crippen LogP contribution is 2.21. The Bertz CT molecular complexity index is 790. The van der Waals surface area contributed by atoms with Crippen molar-refractivity contribution in [3.8, 4) is 5.75 Å². The van der Waals surface area contributed by atoms with Crippen LogP contribution in [-0.4, -0.2) is 29.4 Å². The summed E-state index contributed by atoms with van der Waals surface area (Å²) in [5.41, 5.74) is -0.680. The fourth-order valence-electron chi connectivity index (χ4n) is 3.31. The Morgan fingerprint density at radius 1 is 1.23 bits per heavy atom. The van der Waals surface area contributed by atoms with E-state index in [1.165, 1.54) is 44.9 Å². The van der Waals surface area contributed by atoms with Crippen molar-refractivity contribution >= 4 is 5.78 Å². The van der Waals surface area contributed by atoms with E-state index in [0.717, 1.165) is 12.8 Å². The first-order chi connectivity index (χ1) is 14.8. The number of hydrogen-bond acceptors (Lipinski definition) is 6. The number of carbonyl (C=O) groups excluding carboxylic acids is 1. The molecule has 2 N–H and O–H groups in total. The molecule has 1 rings (SSSR count). The number of rotatable bonds is 15. The van der Waals surface area contributed by atoms with Crippen LogP contribution in [0.2, 0.25) is 0 Å². The SMILES string of the molecule is CCCCCC(C)CC/C=C(\C)C(=O)c1c(O)cc(CCC/C=C/C(O)OC)oc1=O. The maximum absolute atomic E-state index is 12.6. The Labute approximate surface area is 185 Å². The summed E-state index contributed by atoms with van der Waals surface area (Å²) >= 11 is 0. The smallest absolute Gasteiger partial charge is 0.351 e. The van der Waals surface area contributed by atoms with Crippen LogP contribution < -0.4 is 5.63 Å². The van der Waals surface area contributed by atoms with E-state index in [4.69, 9.17) is 9.15 Å². The molecule has 31 heavy (non-hydrogen) atoms. The van der Waals surface area contributed by atoms with Gasteiger partial charge in [-0.25, -0.2) is 4.79 Å². The van der Waals surface area contributed by atoms with Gasteiger partial charge in [0.1, 0.15) is 17.1 Å². The van der Waals surface area contributed by atoms with Crippen LogP contribution in [0.1, 0.15) is 88.3 Å². The Morgan fingerprint density at radius 3 is 2.61 bits per heavy atom. The Kier molecular flexibility index (Phi) is 12.8. The third-order valence-electron chi connectivity index (χ3n) is 5.31. The molecule has 1 heterocycles. The van der Waals surface area contributed by atoms with Crippen molar-refractivity contribution in [2.24, 2.45) is 5.92 Å². The molecule has 174 valence electrons. The van der Waals surface area contributed by atoms with Crippen molar-refractivity contribution < 1.29 is 24.2 Å². The molecule has 0 aliphatic rings. The zero-order valence-electron chi connectivity index (χ0n) is 19.4. The predicted molar refractivity (Wildman–Crippen MR) is 122 cm³/mol. The average molecular weight is 435 g/mol. The van der Waals surface area contributed by atoms with Crippen LogP contribution in [0, 0.1) is 5.92 Å². The highest BCUT2D eigenvalue weighted by molar-refractivity contribution is 6.09. The lowest BCUT2D eigenvalue weighted by atomic mass is 9.96.